The third kappa shape index (κ3) is 3.56. The monoisotopic (exact) mass is 365 g/mol. The highest BCUT2D eigenvalue weighted by molar-refractivity contribution is 5.75. The number of hydrogen-bond donors (Lipinski definition) is 1. The zero-order valence-electron chi connectivity index (χ0n) is 15.7. The molecule has 1 atom stereocenters. The zero-order chi connectivity index (χ0) is 18.9. The van der Waals surface area contributed by atoms with Crippen molar-refractivity contribution in [3.05, 3.63) is 29.6 Å². The molecule has 6 nitrogen and oxygen atoms in total. The van der Waals surface area contributed by atoms with Crippen molar-refractivity contribution in [3.8, 4) is 5.75 Å². The predicted octanol–water partition coefficient (Wildman–Crippen LogP) is 1.67. The topological polar surface area (TPSA) is 56.3 Å². The van der Waals surface area contributed by atoms with Crippen LogP contribution in [-0.2, 0) is 4.79 Å². The number of benzene rings is 1. The lowest BCUT2D eigenvalue weighted by molar-refractivity contribution is -0.146. The van der Waals surface area contributed by atoms with Gasteiger partial charge in [-0.05, 0) is 57.7 Å². The molecule has 0 saturated carbocycles. The van der Waals surface area contributed by atoms with Crippen molar-refractivity contribution in [1.82, 2.24) is 14.7 Å². The molecule has 7 heteroatoms. The molecule has 3 rings (SSSR count). The molecule has 0 radical (unpaired) electrons. The van der Waals surface area contributed by atoms with E-state index in [1.54, 1.807) is 6.07 Å². The number of aliphatic carboxylic acids is 1. The maximum atomic E-state index is 14.1. The van der Waals surface area contributed by atoms with E-state index < -0.39 is 17.8 Å². The third-order valence-corrected chi connectivity index (χ3v) is 6.04. The van der Waals surface area contributed by atoms with Gasteiger partial charge in [0.25, 0.3) is 0 Å². The highest BCUT2D eigenvalue weighted by atomic mass is 19.1. The summed E-state index contributed by atoms with van der Waals surface area (Å²) in [5, 5.41) is 9.87. The van der Waals surface area contributed by atoms with Gasteiger partial charge in [0.1, 0.15) is 6.04 Å². The van der Waals surface area contributed by atoms with Crippen LogP contribution in [0.2, 0.25) is 0 Å². The number of likely N-dealkylation sites (tertiary alicyclic amines) is 1. The Kier molecular flexibility index (Phi) is 5.50. The Bertz CT molecular complexity index is 661. The van der Waals surface area contributed by atoms with Crippen LogP contribution in [0.15, 0.2) is 18.2 Å². The van der Waals surface area contributed by atoms with Gasteiger partial charge in [-0.3, -0.25) is 14.6 Å². The minimum absolute atomic E-state index is 0.0104. The largest absolute Gasteiger partial charge is 0.494 e. The van der Waals surface area contributed by atoms with Gasteiger partial charge in [0.05, 0.1) is 7.11 Å². The normalized spacial score (nSPS) is 23.1. The summed E-state index contributed by atoms with van der Waals surface area (Å²) >= 11 is 0. The molecule has 2 saturated heterocycles. The van der Waals surface area contributed by atoms with Crippen molar-refractivity contribution in [1.29, 1.82) is 0 Å². The van der Waals surface area contributed by atoms with Crippen LogP contribution in [0.1, 0.15) is 24.4 Å². The van der Waals surface area contributed by atoms with Crippen LogP contribution in [0.3, 0.4) is 0 Å². The summed E-state index contributed by atoms with van der Waals surface area (Å²) < 4.78 is 19.1. The van der Waals surface area contributed by atoms with Crippen molar-refractivity contribution < 1.29 is 19.0 Å². The average Bonchev–Trinajstić information content (AvgIpc) is 2.61. The van der Waals surface area contributed by atoms with E-state index in [0.717, 1.165) is 32.5 Å². The zero-order valence-corrected chi connectivity index (χ0v) is 15.7. The van der Waals surface area contributed by atoms with Crippen molar-refractivity contribution in [3.63, 3.8) is 0 Å². The number of hydrogen-bond acceptors (Lipinski definition) is 5. The fourth-order valence-corrected chi connectivity index (χ4v) is 4.25. The summed E-state index contributed by atoms with van der Waals surface area (Å²) in [6, 6.07) is 3.60. The summed E-state index contributed by atoms with van der Waals surface area (Å²) in [6.45, 7) is 4.16. The Balaban J connectivity index is 1.86. The van der Waals surface area contributed by atoms with Crippen LogP contribution in [0, 0.1) is 5.82 Å². The van der Waals surface area contributed by atoms with Gasteiger partial charge in [-0.1, -0.05) is 6.07 Å². The van der Waals surface area contributed by atoms with Gasteiger partial charge in [0.2, 0.25) is 0 Å². The fraction of sp³-hybridized carbons (Fsp3) is 0.632. The van der Waals surface area contributed by atoms with E-state index in [4.69, 9.17) is 4.74 Å². The molecule has 0 bridgehead atoms. The molecule has 0 aliphatic carbocycles. The van der Waals surface area contributed by atoms with Crippen LogP contribution >= 0.6 is 0 Å². The van der Waals surface area contributed by atoms with Gasteiger partial charge in [-0.2, -0.15) is 0 Å². The van der Waals surface area contributed by atoms with E-state index >= 15 is 0 Å². The molecule has 1 spiro atoms. The van der Waals surface area contributed by atoms with Gasteiger partial charge < -0.3 is 14.7 Å². The van der Waals surface area contributed by atoms with Crippen LogP contribution < -0.4 is 4.74 Å². The van der Waals surface area contributed by atoms with Crippen molar-refractivity contribution >= 4 is 5.97 Å². The molecule has 0 amide bonds. The van der Waals surface area contributed by atoms with Crippen molar-refractivity contribution in [2.24, 2.45) is 0 Å². The standard InChI is InChI=1S/C19H28FN3O3/c1-21-8-6-19(7-9-21)13-23(11-10-22(19)2)17(18(24)25)14-4-5-16(26-3)15(20)12-14/h4-5,12,17H,6-11,13H2,1-3H3,(H,24,25). The number of rotatable bonds is 4. The number of piperazine rings is 1. The molecule has 2 heterocycles. The Labute approximate surface area is 154 Å². The Morgan fingerprint density at radius 3 is 2.50 bits per heavy atom. The quantitative estimate of drug-likeness (QED) is 0.876. The summed E-state index contributed by atoms with van der Waals surface area (Å²) in [4.78, 5) is 18.7. The Hall–Kier alpha value is -1.70. The lowest BCUT2D eigenvalue weighted by atomic mass is 9.83. The molecule has 144 valence electrons. The van der Waals surface area contributed by atoms with Crippen LogP contribution in [0.4, 0.5) is 4.39 Å². The van der Waals surface area contributed by atoms with Gasteiger partial charge in [0, 0.05) is 25.2 Å². The summed E-state index contributed by atoms with van der Waals surface area (Å²) in [5.74, 6) is -1.34. The first kappa shape index (κ1) is 19.1. The maximum absolute atomic E-state index is 14.1. The minimum Gasteiger partial charge on any atom is -0.494 e. The van der Waals surface area contributed by atoms with E-state index in [9.17, 15) is 14.3 Å². The van der Waals surface area contributed by atoms with E-state index in [1.165, 1.54) is 19.2 Å². The second-order valence-corrected chi connectivity index (χ2v) is 7.55. The van der Waals surface area contributed by atoms with Crippen LogP contribution in [0.25, 0.3) is 0 Å². The number of methoxy groups -OCH3 is 1. The molecule has 0 aromatic heterocycles. The number of likely N-dealkylation sites (N-methyl/N-ethyl adjacent to an activating group) is 1. The second kappa shape index (κ2) is 7.50. The first-order chi connectivity index (χ1) is 12.4. The predicted molar refractivity (Wildman–Crippen MR) is 97.0 cm³/mol. The molecule has 26 heavy (non-hydrogen) atoms. The number of ether oxygens (including phenoxy) is 1. The molecular weight excluding hydrogens is 337 g/mol. The first-order valence-corrected chi connectivity index (χ1v) is 9.06. The maximum Gasteiger partial charge on any atom is 0.325 e. The SMILES string of the molecule is COc1ccc(C(C(=O)O)N2CCN(C)C3(CCN(C)CC3)C2)cc1F. The van der Waals surface area contributed by atoms with Crippen LogP contribution in [0.5, 0.6) is 5.75 Å². The lowest BCUT2D eigenvalue weighted by Gasteiger charge is -2.53. The van der Waals surface area contributed by atoms with Gasteiger partial charge in [-0.25, -0.2) is 4.39 Å². The molecule has 1 aromatic carbocycles. The molecule has 1 N–H and O–H groups in total. The third-order valence-electron chi connectivity index (χ3n) is 6.04. The van der Waals surface area contributed by atoms with Crippen LogP contribution in [-0.4, -0.2) is 85.2 Å². The first-order valence-electron chi connectivity index (χ1n) is 9.06. The van der Waals surface area contributed by atoms with E-state index in [0.29, 0.717) is 18.7 Å². The summed E-state index contributed by atoms with van der Waals surface area (Å²) in [6.07, 6.45) is 2.03. The Morgan fingerprint density at radius 2 is 1.92 bits per heavy atom. The molecule has 2 aliphatic rings. The fourth-order valence-electron chi connectivity index (χ4n) is 4.25. The van der Waals surface area contributed by atoms with E-state index in [-0.39, 0.29) is 11.3 Å². The van der Waals surface area contributed by atoms with Crippen molar-refractivity contribution in [2.75, 3.05) is 53.9 Å². The van der Waals surface area contributed by atoms with Crippen molar-refractivity contribution in [2.45, 2.75) is 24.4 Å². The summed E-state index contributed by atoms with van der Waals surface area (Å²) in [7, 11) is 5.65. The number of piperidine rings is 1. The minimum atomic E-state index is -0.942. The second-order valence-electron chi connectivity index (χ2n) is 7.55. The van der Waals surface area contributed by atoms with E-state index in [2.05, 4.69) is 23.9 Å². The van der Waals surface area contributed by atoms with Gasteiger partial charge in [0.15, 0.2) is 11.6 Å². The number of carboxylic acids is 1. The van der Waals surface area contributed by atoms with E-state index in [1.807, 2.05) is 4.90 Å². The summed E-state index contributed by atoms with van der Waals surface area (Å²) in [5.41, 5.74) is 0.451. The average molecular weight is 365 g/mol. The van der Waals surface area contributed by atoms with Gasteiger partial charge in [-0.15, -0.1) is 0 Å². The number of carboxylic acid groups (broad SMARTS) is 1. The smallest absolute Gasteiger partial charge is 0.325 e. The molecule has 1 aromatic rings. The number of carbonyl (C=O) groups is 1. The number of nitrogens with zero attached hydrogens (tertiary/aromatic N) is 3. The highest BCUT2D eigenvalue weighted by Crippen LogP contribution is 2.35. The highest BCUT2D eigenvalue weighted by Gasteiger charge is 2.44. The molecule has 2 aliphatic heterocycles. The lowest BCUT2D eigenvalue weighted by Crippen LogP contribution is -2.64. The van der Waals surface area contributed by atoms with Gasteiger partial charge >= 0.3 is 5.97 Å². The Morgan fingerprint density at radius 1 is 1.23 bits per heavy atom. The molecule has 2 fully saturated rings. The number of halogens is 1. The molecular formula is C19H28FN3O3. The molecule has 1 unspecified atom stereocenters.